The smallest absolute Gasteiger partial charge is 0.293 e. The van der Waals surface area contributed by atoms with Gasteiger partial charge in [0.25, 0.3) is 6.47 Å². The van der Waals surface area contributed by atoms with E-state index in [0.29, 0.717) is 13.1 Å². The molecule has 14 heavy (non-hydrogen) atoms. The Bertz CT molecular complexity index is 249. The molecule has 0 fully saturated rings. The molecule has 0 saturated carbocycles. The molecule has 1 rings (SSSR count). The third-order valence-electron chi connectivity index (χ3n) is 2.05. The van der Waals surface area contributed by atoms with Crippen LogP contribution in [0.15, 0.2) is 24.5 Å². The third-order valence-corrected chi connectivity index (χ3v) is 2.05. The van der Waals surface area contributed by atoms with Gasteiger partial charge in [0, 0.05) is 12.4 Å². The lowest BCUT2D eigenvalue weighted by atomic mass is 10.1. The van der Waals surface area contributed by atoms with Gasteiger partial charge >= 0.3 is 0 Å². The van der Waals surface area contributed by atoms with Crippen molar-refractivity contribution in [3.8, 4) is 0 Å². The summed E-state index contributed by atoms with van der Waals surface area (Å²) in [6.07, 6.45) is 7.87. The van der Waals surface area contributed by atoms with Crippen molar-refractivity contribution >= 4 is 6.47 Å². The summed E-state index contributed by atoms with van der Waals surface area (Å²) >= 11 is 0. The van der Waals surface area contributed by atoms with Gasteiger partial charge in [0.15, 0.2) is 0 Å². The van der Waals surface area contributed by atoms with Gasteiger partial charge in [-0.25, -0.2) is 0 Å². The van der Waals surface area contributed by atoms with Crippen molar-refractivity contribution in [3.63, 3.8) is 0 Å². The molecular formula is C11H15NO2. The molecule has 3 nitrogen and oxygen atoms in total. The summed E-state index contributed by atoms with van der Waals surface area (Å²) in [5.74, 6) is 0. The summed E-state index contributed by atoms with van der Waals surface area (Å²) in [7, 11) is 0. The van der Waals surface area contributed by atoms with Gasteiger partial charge in [-0.2, -0.15) is 0 Å². The zero-order chi connectivity index (χ0) is 10.1. The monoisotopic (exact) mass is 193 g/mol. The van der Waals surface area contributed by atoms with Gasteiger partial charge in [-0.3, -0.25) is 9.78 Å². The Hall–Kier alpha value is -1.38. The number of ether oxygens (including phenoxy) is 1. The molecule has 3 heteroatoms. The predicted molar refractivity (Wildman–Crippen MR) is 53.8 cm³/mol. The first kappa shape index (κ1) is 10.7. The predicted octanol–water partition coefficient (Wildman–Crippen LogP) is 1.97. The normalized spacial score (nSPS) is 9.71. The minimum Gasteiger partial charge on any atom is -0.468 e. The van der Waals surface area contributed by atoms with Gasteiger partial charge in [-0.05, 0) is 43.4 Å². The minimum absolute atomic E-state index is 0.503. The molecule has 0 saturated heterocycles. The highest BCUT2D eigenvalue weighted by Gasteiger charge is 1.92. The molecule has 0 amide bonds. The van der Waals surface area contributed by atoms with E-state index in [1.165, 1.54) is 5.56 Å². The molecule has 0 bridgehead atoms. The van der Waals surface area contributed by atoms with Gasteiger partial charge in [-0.1, -0.05) is 0 Å². The van der Waals surface area contributed by atoms with Gasteiger partial charge in [0.2, 0.25) is 0 Å². The molecule has 0 aliphatic heterocycles. The topological polar surface area (TPSA) is 39.2 Å². The first-order valence-corrected chi connectivity index (χ1v) is 4.87. The van der Waals surface area contributed by atoms with Crippen molar-refractivity contribution in [2.24, 2.45) is 0 Å². The summed E-state index contributed by atoms with van der Waals surface area (Å²) in [5, 5.41) is 0. The van der Waals surface area contributed by atoms with Gasteiger partial charge in [0.1, 0.15) is 0 Å². The molecule has 0 atom stereocenters. The molecule has 0 unspecified atom stereocenters. The molecule has 0 aliphatic rings. The number of unbranched alkanes of at least 4 members (excludes halogenated alkanes) is 2. The third kappa shape index (κ3) is 4.60. The molecule has 1 aromatic heterocycles. The van der Waals surface area contributed by atoms with Crippen LogP contribution in [0.3, 0.4) is 0 Å². The number of hydrogen-bond donors (Lipinski definition) is 0. The molecule has 1 aromatic rings. The average molecular weight is 193 g/mol. The Morgan fingerprint density at radius 3 is 2.71 bits per heavy atom. The van der Waals surface area contributed by atoms with Crippen LogP contribution >= 0.6 is 0 Å². The fraction of sp³-hybridized carbons (Fsp3) is 0.455. The summed E-state index contributed by atoms with van der Waals surface area (Å²) in [6, 6.07) is 4.06. The summed E-state index contributed by atoms with van der Waals surface area (Å²) < 4.78 is 4.60. The van der Waals surface area contributed by atoms with Crippen molar-refractivity contribution in [1.29, 1.82) is 0 Å². The van der Waals surface area contributed by atoms with E-state index in [9.17, 15) is 4.79 Å². The summed E-state index contributed by atoms with van der Waals surface area (Å²) in [5.41, 5.74) is 1.32. The van der Waals surface area contributed by atoms with E-state index in [1.807, 2.05) is 24.5 Å². The Morgan fingerprint density at radius 2 is 2.00 bits per heavy atom. The van der Waals surface area contributed by atoms with Crippen molar-refractivity contribution in [1.82, 2.24) is 4.98 Å². The molecule has 0 aliphatic carbocycles. The molecule has 0 aromatic carbocycles. The van der Waals surface area contributed by atoms with Crippen molar-refractivity contribution in [2.75, 3.05) is 6.61 Å². The standard InChI is InChI=1S/C11H15NO2/c13-10-14-9-3-1-2-4-11-5-7-12-8-6-11/h5-8,10H,1-4,9H2. The average Bonchev–Trinajstić information content (AvgIpc) is 2.25. The van der Waals surface area contributed by atoms with Crippen LogP contribution in [-0.2, 0) is 16.0 Å². The highest BCUT2D eigenvalue weighted by molar-refractivity contribution is 5.36. The van der Waals surface area contributed by atoms with E-state index < -0.39 is 0 Å². The maximum absolute atomic E-state index is 9.83. The second-order valence-electron chi connectivity index (χ2n) is 3.13. The van der Waals surface area contributed by atoms with E-state index in [2.05, 4.69) is 9.72 Å². The first-order valence-electron chi connectivity index (χ1n) is 4.87. The summed E-state index contributed by atoms with van der Waals surface area (Å²) in [4.78, 5) is 13.8. The number of rotatable bonds is 7. The van der Waals surface area contributed by atoms with Crippen LogP contribution in [0.5, 0.6) is 0 Å². The molecule has 0 spiro atoms. The quantitative estimate of drug-likeness (QED) is 0.491. The molecule has 0 N–H and O–H groups in total. The second kappa shape index (κ2) is 7.06. The van der Waals surface area contributed by atoms with E-state index in [4.69, 9.17) is 0 Å². The summed E-state index contributed by atoms with van der Waals surface area (Å²) in [6.45, 7) is 1.04. The Kier molecular flexibility index (Phi) is 5.40. The highest BCUT2D eigenvalue weighted by Crippen LogP contribution is 2.04. The number of aromatic nitrogens is 1. The number of aryl methyl sites for hydroxylation is 1. The lowest BCUT2D eigenvalue weighted by Gasteiger charge is -2.00. The highest BCUT2D eigenvalue weighted by atomic mass is 16.5. The molecule has 1 heterocycles. The molecule has 0 radical (unpaired) electrons. The molecular weight excluding hydrogens is 178 g/mol. The fourth-order valence-electron chi connectivity index (χ4n) is 1.29. The Labute approximate surface area is 84.1 Å². The Morgan fingerprint density at radius 1 is 1.21 bits per heavy atom. The van der Waals surface area contributed by atoms with Crippen molar-refractivity contribution < 1.29 is 9.53 Å². The van der Waals surface area contributed by atoms with Gasteiger partial charge < -0.3 is 4.74 Å². The number of pyridine rings is 1. The number of carbonyl (C=O) groups excluding carboxylic acids is 1. The van der Waals surface area contributed by atoms with E-state index in [1.54, 1.807) is 0 Å². The number of nitrogens with zero attached hydrogens (tertiary/aromatic N) is 1. The lowest BCUT2D eigenvalue weighted by molar-refractivity contribution is -0.128. The van der Waals surface area contributed by atoms with Crippen LogP contribution in [0.4, 0.5) is 0 Å². The van der Waals surface area contributed by atoms with Crippen LogP contribution in [0.1, 0.15) is 24.8 Å². The van der Waals surface area contributed by atoms with Crippen LogP contribution < -0.4 is 0 Å². The van der Waals surface area contributed by atoms with E-state index in [-0.39, 0.29) is 0 Å². The van der Waals surface area contributed by atoms with Crippen LogP contribution in [0.25, 0.3) is 0 Å². The second-order valence-corrected chi connectivity index (χ2v) is 3.13. The van der Waals surface area contributed by atoms with Crippen LogP contribution in [0, 0.1) is 0 Å². The van der Waals surface area contributed by atoms with Crippen molar-refractivity contribution in [3.05, 3.63) is 30.1 Å². The number of carbonyl (C=O) groups is 1. The lowest BCUT2D eigenvalue weighted by Crippen LogP contribution is -1.92. The van der Waals surface area contributed by atoms with E-state index in [0.717, 1.165) is 25.7 Å². The maximum Gasteiger partial charge on any atom is 0.293 e. The largest absolute Gasteiger partial charge is 0.468 e. The van der Waals surface area contributed by atoms with Crippen molar-refractivity contribution in [2.45, 2.75) is 25.7 Å². The van der Waals surface area contributed by atoms with E-state index >= 15 is 0 Å². The van der Waals surface area contributed by atoms with Gasteiger partial charge in [-0.15, -0.1) is 0 Å². The van der Waals surface area contributed by atoms with Crippen LogP contribution in [0.2, 0.25) is 0 Å². The van der Waals surface area contributed by atoms with Crippen LogP contribution in [-0.4, -0.2) is 18.1 Å². The van der Waals surface area contributed by atoms with Gasteiger partial charge in [0.05, 0.1) is 6.61 Å². The Balaban J connectivity index is 2.02. The minimum atomic E-state index is 0.503. The SMILES string of the molecule is O=COCCCCCc1ccncc1. The molecule has 76 valence electrons. The zero-order valence-corrected chi connectivity index (χ0v) is 8.19. The fourth-order valence-corrected chi connectivity index (χ4v) is 1.29. The number of hydrogen-bond acceptors (Lipinski definition) is 3. The zero-order valence-electron chi connectivity index (χ0n) is 8.19. The first-order chi connectivity index (χ1) is 6.93. The maximum atomic E-state index is 9.83.